The van der Waals surface area contributed by atoms with E-state index in [1.54, 1.807) is 0 Å². The van der Waals surface area contributed by atoms with Crippen molar-refractivity contribution in [1.29, 1.82) is 0 Å². The molecule has 0 spiro atoms. The molecule has 0 rings (SSSR count). The summed E-state index contributed by atoms with van der Waals surface area (Å²) < 4.78 is 24.2. The van der Waals surface area contributed by atoms with Crippen molar-refractivity contribution in [1.82, 2.24) is 10.0 Å². The fraction of sp³-hybridized carbons (Fsp3) is 0.875. The molecule has 0 aromatic carbocycles. The number of hydrogen-bond donors (Lipinski definition) is 3. The molecule has 1 unspecified atom stereocenters. The van der Waals surface area contributed by atoms with Crippen LogP contribution in [0.2, 0.25) is 0 Å². The average molecular weight is 254 g/mol. The second kappa shape index (κ2) is 6.34. The molecule has 0 bridgehead atoms. The topological polar surface area (TPSA) is 75.3 Å². The van der Waals surface area contributed by atoms with Crippen LogP contribution in [0.1, 0.15) is 13.8 Å². The number of rotatable bonds is 6. The summed E-state index contributed by atoms with van der Waals surface area (Å²) in [5, 5.41) is 2.12. The highest BCUT2D eigenvalue weighted by Gasteiger charge is 2.17. The summed E-state index contributed by atoms with van der Waals surface area (Å²) in [6.45, 7) is 3.86. The van der Waals surface area contributed by atoms with Crippen molar-refractivity contribution in [3.05, 3.63) is 0 Å². The Labute approximate surface area is 96.5 Å². The molecule has 0 saturated carbocycles. The summed E-state index contributed by atoms with van der Waals surface area (Å²) in [5.41, 5.74) is 0. The first-order valence-corrected chi connectivity index (χ1v) is 6.84. The lowest BCUT2D eigenvalue weighted by Gasteiger charge is -2.14. The Kier molecular flexibility index (Phi) is 6.23. The number of thiol groups is 1. The third-order valence-electron chi connectivity index (χ3n) is 1.88. The van der Waals surface area contributed by atoms with Crippen LogP contribution in [0.4, 0.5) is 0 Å². The molecule has 7 heteroatoms. The van der Waals surface area contributed by atoms with Gasteiger partial charge in [-0.1, -0.05) is 13.8 Å². The van der Waals surface area contributed by atoms with Crippen LogP contribution < -0.4 is 10.0 Å². The zero-order chi connectivity index (χ0) is 12.1. The maximum atomic E-state index is 11.4. The molecule has 0 aliphatic heterocycles. The molecule has 0 radical (unpaired) electrons. The van der Waals surface area contributed by atoms with Crippen molar-refractivity contribution in [2.24, 2.45) is 5.92 Å². The average Bonchev–Trinajstić information content (AvgIpc) is 2.16. The molecule has 5 nitrogen and oxygen atoms in total. The summed E-state index contributed by atoms with van der Waals surface area (Å²) >= 11 is 4.11. The van der Waals surface area contributed by atoms with Gasteiger partial charge >= 0.3 is 0 Å². The van der Waals surface area contributed by atoms with E-state index in [4.69, 9.17) is 0 Å². The number of carbonyl (C=O) groups excluding carboxylic acids is 1. The van der Waals surface area contributed by atoms with E-state index in [9.17, 15) is 13.2 Å². The first kappa shape index (κ1) is 14.7. The zero-order valence-corrected chi connectivity index (χ0v) is 10.9. The lowest BCUT2D eigenvalue weighted by molar-refractivity contribution is -0.121. The minimum Gasteiger partial charge on any atom is -0.354 e. The third-order valence-corrected chi connectivity index (χ3v) is 4.08. The van der Waals surface area contributed by atoms with Gasteiger partial charge in [-0.15, -0.1) is 0 Å². The van der Waals surface area contributed by atoms with E-state index < -0.39 is 15.3 Å². The monoisotopic (exact) mass is 254 g/mol. The first-order valence-electron chi connectivity index (χ1n) is 4.67. The van der Waals surface area contributed by atoms with Crippen molar-refractivity contribution < 1.29 is 13.2 Å². The van der Waals surface area contributed by atoms with Gasteiger partial charge in [0.1, 0.15) is 0 Å². The molecule has 1 amide bonds. The van der Waals surface area contributed by atoms with E-state index in [1.165, 1.54) is 7.05 Å². The fourth-order valence-electron chi connectivity index (χ4n) is 0.818. The van der Waals surface area contributed by atoms with Gasteiger partial charge in [0.2, 0.25) is 15.9 Å². The van der Waals surface area contributed by atoms with E-state index in [0.717, 1.165) is 0 Å². The van der Waals surface area contributed by atoms with Gasteiger partial charge in [-0.2, -0.15) is 12.6 Å². The first-order chi connectivity index (χ1) is 6.80. The van der Waals surface area contributed by atoms with Gasteiger partial charge in [0.25, 0.3) is 0 Å². The molecule has 0 aliphatic carbocycles. The van der Waals surface area contributed by atoms with Crippen LogP contribution in [-0.4, -0.2) is 38.9 Å². The predicted octanol–water partition coefficient (Wildman–Crippen LogP) is -0.394. The molecule has 0 heterocycles. The molecule has 2 N–H and O–H groups in total. The van der Waals surface area contributed by atoms with Crippen LogP contribution in [0.3, 0.4) is 0 Å². The quantitative estimate of drug-likeness (QED) is 0.565. The number of hydrogen-bond acceptors (Lipinski definition) is 4. The molecule has 0 aromatic heterocycles. The van der Waals surface area contributed by atoms with E-state index in [0.29, 0.717) is 0 Å². The van der Waals surface area contributed by atoms with E-state index >= 15 is 0 Å². The number of carbonyl (C=O) groups is 1. The predicted molar refractivity (Wildman–Crippen MR) is 63.5 cm³/mol. The van der Waals surface area contributed by atoms with E-state index in [1.807, 2.05) is 13.8 Å². The maximum absolute atomic E-state index is 11.4. The second-order valence-electron chi connectivity index (χ2n) is 3.50. The van der Waals surface area contributed by atoms with Gasteiger partial charge in [0.15, 0.2) is 0 Å². The highest BCUT2D eigenvalue weighted by atomic mass is 32.2. The van der Waals surface area contributed by atoms with Crippen molar-refractivity contribution in [3.8, 4) is 0 Å². The molecule has 15 heavy (non-hydrogen) atoms. The lowest BCUT2D eigenvalue weighted by atomic mass is 10.1. The number of amides is 1. The van der Waals surface area contributed by atoms with Crippen molar-refractivity contribution >= 4 is 28.6 Å². The Hall–Kier alpha value is -0.270. The van der Waals surface area contributed by atoms with Crippen LogP contribution >= 0.6 is 12.6 Å². The summed E-state index contributed by atoms with van der Waals surface area (Å²) in [6, 6.07) is 0. The summed E-state index contributed by atoms with van der Waals surface area (Å²) in [5.74, 6) is -0.234. The molecule has 1 atom stereocenters. The maximum Gasteiger partial charge on any atom is 0.233 e. The Morgan fingerprint density at radius 1 is 1.40 bits per heavy atom. The van der Waals surface area contributed by atoms with Crippen LogP contribution in [0.5, 0.6) is 0 Å². The molecular weight excluding hydrogens is 236 g/mol. The SMILES string of the molecule is CNS(=O)(=O)CCNC(=O)C(S)C(C)C. The van der Waals surface area contributed by atoms with Crippen molar-refractivity contribution in [2.45, 2.75) is 19.1 Å². The van der Waals surface area contributed by atoms with Crippen molar-refractivity contribution in [2.75, 3.05) is 19.3 Å². The molecule has 90 valence electrons. The van der Waals surface area contributed by atoms with Crippen LogP contribution in [0.25, 0.3) is 0 Å². The Morgan fingerprint density at radius 3 is 2.33 bits per heavy atom. The van der Waals surface area contributed by atoms with E-state index in [-0.39, 0.29) is 24.1 Å². The number of nitrogens with one attached hydrogen (secondary N) is 2. The van der Waals surface area contributed by atoms with Gasteiger partial charge in [-0.3, -0.25) is 4.79 Å². The Morgan fingerprint density at radius 2 is 1.93 bits per heavy atom. The standard InChI is InChI=1S/C8H18N2O3S2/c1-6(2)7(14)8(11)10-4-5-15(12,13)9-3/h6-7,9,14H,4-5H2,1-3H3,(H,10,11). The van der Waals surface area contributed by atoms with Crippen LogP contribution in [0.15, 0.2) is 0 Å². The Balaban J connectivity index is 3.93. The highest BCUT2D eigenvalue weighted by molar-refractivity contribution is 7.89. The fourth-order valence-corrected chi connectivity index (χ4v) is 1.48. The minimum absolute atomic E-state index is 0.103. The van der Waals surface area contributed by atoms with Gasteiger partial charge in [0, 0.05) is 6.54 Å². The van der Waals surface area contributed by atoms with Gasteiger partial charge in [-0.05, 0) is 13.0 Å². The van der Waals surface area contributed by atoms with Crippen LogP contribution in [0, 0.1) is 5.92 Å². The smallest absolute Gasteiger partial charge is 0.233 e. The second-order valence-corrected chi connectivity index (χ2v) is 6.11. The molecule has 0 aliphatic rings. The summed E-state index contributed by atoms with van der Waals surface area (Å²) in [7, 11) is -1.91. The van der Waals surface area contributed by atoms with Gasteiger partial charge < -0.3 is 5.32 Å². The van der Waals surface area contributed by atoms with Crippen LogP contribution in [-0.2, 0) is 14.8 Å². The molecule has 0 fully saturated rings. The molecule has 0 aromatic rings. The lowest BCUT2D eigenvalue weighted by Crippen LogP contribution is -2.38. The summed E-state index contributed by atoms with van der Waals surface area (Å²) in [6.07, 6.45) is 0. The van der Waals surface area contributed by atoms with Gasteiger partial charge in [-0.25, -0.2) is 13.1 Å². The number of sulfonamides is 1. The van der Waals surface area contributed by atoms with E-state index in [2.05, 4.69) is 22.7 Å². The largest absolute Gasteiger partial charge is 0.354 e. The molecular formula is C8H18N2O3S2. The normalized spacial score (nSPS) is 13.9. The molecule has 0 saturated heterocycles. The van der Waals surface area contributed by atoms with Gasteiger partial charge in [0.05, 0.1) is 11.0 Å². The minimum atomic E-state index is -3.25. The highest BCUT2D eigenvalue weighted by Crippen LogP contribution is 2.08. The zero-order valence-electron chi connectivity index (χ0n) is 9.15. The summed E-state index contributed by atoms with van der Waals surface area (Å²) in [4.78, 5) is 11.4. The van der Waals surface area contributed by atoms with Crippen molar-refractivity contribution in [3.63, 3.8) is 0 Å². The Bertz CT molecular complexity index is 301. The third kappa shape index (κ3) is 6.01.